The monoisotopic (exact) mass is 425 g/mol. The van der Waals surface area contributed by atoms with E-state index in [9.17, 15) is 15.0 Å². The molecule has 4 N–H and O–H groups in total. The number of amides is 1. The number of thioether (sulfide) groups is 1. The summed E-state index contributed by atoms with van der Waals surface area (Å²) in [7, 11) is 0. The van der Waals surface area contributed by atoms with Gasteiger partial charge in [-0.2, -0.15) is 0 Å². The summed E-state index contributed by atoms with van der Waals surface area (Å²) in [5, 5.41) is 27.6. The fraction of sp³-hybridized carbons (Fsp3) is 0.391. The molecule has 4 rings (SSSR count). The van der Waals surface area contributed by atoms with E-state index in [1.165, 1.54) is 11.8 Å². The molecule has 0 radical (unpaired) electrons. The van der Waals surface area contributed by atoms with Crippen LogP contribution in [0.15, 0.2) is 53.5 Å². The number of carbonyl (C=O) groups excluding carboxylic acids is 1. The average molecular weight is 426 g/mol. The summed E-state index contributed by atoms with van der Waals surface area (Å²) >= 11 is 1.47. The largest absolute Gasteiger partial charge is 0.390 e. The molecule has 1 aliphatic heterocycles. The maximum Gasteiger partial charge on any atom is 0.224 e. The summed E-state index contributed by atoms with van der Waals surface area (Å²) in [6.45, 7) is 4.51. The topological polar surface area (TPSA) is 94.0 Å². The molecule has 1 aliphatic carbocycles. The molecule has 0 unspecified atom stereocenters. The number of benzene rings is 2. The summed E-state index contributed by atoms with van der Waals surface area (Å²) in [5.41, 5.74) is 4.24. The third kappa shape index (κ3) is 4.53. The molecular weight excluding hydrogens is 398 g/mol. The van der Waals surface area contributed by atoms with E-state index in [4.69, 9.17) is 0 Å². The van der Waals surface area contributed by atoms with Crippen molar-refractivity contribution in [1.29, 1.82) is 0 Å². The van der Waals surface area contributed by atoms with Crippen LogP contribution in [-0.2, 0) is 11.3 Å². The van der Waals surface area contributed by atoms with Crippen molar-refractivity contribution in [2.75, 3.05) is 5.32 Å². The number of aliphatic hydroxyl groups is 2. The molecule has 158 valence electrons. The molecule has 0 aromatic heterocycles. The lowest BCUT2D eigenvalue weighted by Crippen LogP contribution is -2.53. The zero-order valence-corrected chi connectivity index (χ0v) is 17.9. The van der Waals surface area contributed by atoms with Gasteiger partial charge in [-0.3, -0.25) is 9.79 Å². The first kappa shape index (κ1) is 20.9. The molecule has 1 saturated carbocycles. The number of aliphatic imine (C=N–C) groups is 1. The van der Waals surface area contributed by atoms with Gasteiger partial charge >= 0.3 is 0 Å². The predicted octanol–water partition coefficient (Wildman–Crippen LogP) is 2.61. The minimum atomic E-state index is -0.973. The summed E-state index contributed by atoms with van der Waals surface area (Å²) < 4.78 is 0. The third-order valence-electron chi connectivity index (χ3n) is 5.61. The van der Waals surface area contributed by atoms with Gasteiger partial charge in [0.05, 0.1) is 18.1 Å². The zero-order valence-electron chi connectivity index (χ0n) is 17.1. The Morgan fingerprint density at radius 2 is 1.83 bits per heavy atom. The van der Waals surface area contributed by atoms with Gasteiger partial charge in [0.2, 0.25) is 5.91 Å². The lowest BCUT2D eigenvalue weighted by atomic mass is 9.81. The number of carbonyl (C=O) groups is 1. The van der Waals surface area contributed by atoms with E-state index in [1.807, 2.05) is 56.3 Å². The lowest BCUT2D eigenvalue weighted by molar-refractivity contribution is -0.129. The molecule has 30 heavy (non-hydrogen) atoms. The van der Waals surface area contributed by atoms with Crippen LogP contribution >= 0.6 is 11.8 Å². The number of hydrogen-bond acceptors (Lipinski definition) is 6. The Morgan fingerprint density at radius 1 is 1.13 bits per heavy atom. The summed E-state index contributed by atoms with van der Waals surface area (Å²) in [6, 6.07) is 15.4. The highest BCUT2D eigenvalue weighted by atomic mass is 32.2. The van der Waals surface area contributed by atoms with Gasteiger partial charge in [0.1, 0.15) is 6.10 Å². The van der Waals surface area contributed by atoms with Crippen molar-refractivity contribution in [3.63, 3.8) is 0 Å². The molecule has 6 nitrogen and oxygen atoms in total. The summed E-state index contributed by atoms with van der Waals surface area (Å²) in [5.74, 6) is -0.542. The second-order valence-electron chi connectivity index (χ2n) is 8.11. The Kier molecular flexibility index (Phi) is 6.13. The van der Waals surface area contributed by atoms with Crippen LogP contribution in [0, 0.1) is 19.8 Å². The van der Waals surface area contributed by atoms with E-state index >= 15 is 0 Å². The molecule has 1 amide bonds. The molecule has 0 bridgehead atoms. The average Bonchev–Trinajstić information content (AvgIpc) is 3.12. The van der Waals surface area contributed by atoms with Gasteiger partial charge in [0.15, 0.2) is 5.17 Å². The van der Waals surface area contributed by atoms with Crippen LogP contribution in [0.1, 0.15) is 23.1 Å². The third-order valence-corrected chi connectivity index (χ3v) is 6.92. The van der Waals surface area contributed by atoms with Crippen molar-refractivity contribution in [2.24, 2.45) is 10.9 Å². The number of aliphatic hydroxyl groups excluding tert-OH is 2. The minimum absolute atomic E-state index is 0.116. The number of nitrogens with one attached hydrogen (secondary N) is 2. The van der Waals surface area contributed by atoms with Crippen molar-refractivity contribution in [3.8, 4) is 0 Å². The normalized spacial score (nSPS) is 27.9. The zero-order chi connectivity index (χ0) is 21.3. The number of fused-ring (bicyclic) bond motifs is 1. The fourth-order valence-corrected chi connectivity index (χ4v) is 5.57. The van der Waals surface area contributed by atoms with Crippen LogP contribution < -0.4 is 10.6 Å². The minimum Gasteiger partial charge on any atom is -0.390 e. The maximum atomic E-state index is 12.9. The summed E-state index contributed by atoms with van der Waals surface area (Å²) in [6.07, 6.45) is -1.72. The SMILES string of the molecule is Cc1cc(C)cc(NC2=N[C@@H]3[C@@H](O)[C@H](O)C[C@H](C(=O)NCc4ccccc4)[C@H]3S2)c1. The van der Waals surface area contributed by atoms with Crippen LogP contribution in [0.2, 0.25) is 0 Å². The molecule has 7 heteroatoms. The van der Waals surface area contributed by atoms with Crippen molar-refractivity contribution in [3.05, 3.63) is 65.2 Å². The number of anilines is 1. The molecule has 0 spiro atoms. The number of aryl methyl sites for hydroxylation is 2. The first-order chi connectivity index (χ1) is 14.4. The quantitative estimate of drug-likeness (QED) is 0.604. The van der Waals surface area contributed by atoms with E-state index in [0.717, 1.165) is 22.4 Å². The van der Waals surface area contributed by atoms with Crippen molar-refractivity contribution >= 4 is 28.5 Å². The first-order valence-corrected chi connectivity index (χ1v) is 11.1. The van der Waals surface area contributed by atoms with Crippen LogP contribution in [0.5, 0.6) is 0 Å². The van der Waals surface area contributed by atoms with E-state index in [0.29, 0.717) is 11.7 Å². The van der Waals surface area contributed by atoms with Gasteiger partial charge in [-0.05, 0) is 49.1 Å². The standard InChI is InChI=1S/C23H27N3O3S/c1-13-8-14(2)10-16(9-13)25-23-26-19-20(28)18(27)11-17(21(19)30-23)22(29)24-12-15-6-4-3-5-7-15/h3-10,17-21,27-28H,11-12H2,1-2H3,(H,24,29)(H,25,26)/t17-,18+,19+,20-,21+/m0/s1. The Balaban J connectivity index is 1.47. The first-order valence-electron chi connectivity index (χ1n) is 10.2. The number of nitrogens with zero attached hydrogens (tertiary/aromatic N) is 1. The second kappa shape index (κ2) is 8.79. The lowest BCUT2D eigenvalue weighted by Gasteiger charge is -2.37. The fourth-order valence-electron chi connectivity index (χ4n) is 4.19. The van der Waals surface area contributed by atoms with Gasteiger partial charge in [-0.25, -0.2) is 0 Å². The van der Waals surface area contributed by atoms with Gasteiger partial charge in [-0.15, -0.1) is 0 Å². The van der Waals surface area contributed by atoms with Gasteiger partial charge in [0.25, 0.3) is 0 Å². The smallest absolute Gasteiger partial charge is 0.224 e. The van der Waals surface area contributed by atoms with Gasteiger partial charge < -0.3 is 20.8 Å². The molecule has 1 heterocycles. The van der Waals surface area contributed by atoms with E-state index in [-0.39, 0.29) is 17.6 Å². The molecule has 2 aromatic rings. The van der Waals surface area contributed by atoms with E-state index in [2.05, 4.69) is 21.7 Å². The van der Waals surface area contributed by atoms with Crippen molar-refractivity contribution in [1.82, 2.24) is 5.32 Å². The Bertz CT molecular complexity index is 930. The van der Waals surface area contributed by atoms with E-state index < -0.39 is 24.2 Å². The van der Waals surface area contributed by atoms with Crippen LogP contribution in [0.3, 0.4) is 0 Å². The molecule has 2 aromatic carbocycles. The Labute approximate surface area is 180 Å². The maximum absolute atomic E-state index is 12.9. The highest BCUT2D eigenvalue weighted by Crippen LogP contribution is 2.41. The van der Waals surface area contributed by atoms with Gasteiger partial charge in [0, 0.05) is 17.5 Å². The Morgan fingerprint density at radius 3 is 2.53 bits per heavy atom. The molecule has 2 aliphatic rings. The number of hydrogen-bond donors (Lipinski definition) is 4. The second-order valence-corrected chi connectivity index (χ2v) is 9.28. The van der Waals surface area contributed by atoms with Crippen LogP contribution in [0.25, 0.3) is 0 Å². The highest BCUT2D eigenvalue weighted by molar-refractivity contribution is 8.15. The Hall–Kier alpha value is -2.35. The highest BCUT2D eigenvalue weighted by Gasteiger charge is 2.50. The molecular formula is C23H27N3O3S. The molecule has 0 saturated heterocycles. The summed E-state index contributed by atoms with van der Waals surface area (Å²) in [4.78, 5) is 17.6. The predicted molar refractivity (Wildman–Crippen MR) is 121 cm³/mol. The number of amidine groups is 1. The number of rotatable bonds is 4. The molecule has 1 fully saturated rings. The van der Waals surface area contributed by atoms with Crippen LogP contribution in [-0.4, -0.2) is 44.8 Å². The van der Waals surface area contributed by atoms with Gasteiger partial charge in [-0.1, -0.05) is 48.2 Å². The van der Waals surface area contributed by atoms with Crippen molar-refractivity contribution < 1.29 is 15.0 Å². The molecule has 5 atom stereocenters. The van der Waals surface area contributed by atoms with E-state index in [1.54, 1.807) is 0 Å². The van der Waals surface area contributed by atoms with Crippen LogP contribution in [0.4, 0.5) is 5.69 Å². The van der Waals surface area contributed by atoms with Crippen molar-refractivity contribution in [2.45, 2.75) is 50.3 Å².